The second kappa shape index (κ2) is 8.86. The summed E-state index contributed by atoms with van der Waals surface area (Å²) in [5, 5.41) is 7.20. The highest BCUT2D eigenvalue weighted by molar-refractivity contribution is 5.99. The van der Waals surface area contributed by atoms with E-state index in [9.17, 15) is 9.59 Å². The lowest BCUT2D eigenvalue weighted by Crippen LogP contribution is -2.31. The normalized spacial score (nSPS) is 10.7. The van der Waals surface area contributed by atoms with E-state index in [1.54, 1.807) is 36.1 Å². The van der Waals surface area contributed by atoms with Crippen LogP contribution in [0, 0.1) is 27.7 Å². The lowest BCUT2D eigenvalue weighted by atomic mass is 10.1. The summed E-state index contributed by atoms with van der Waals surface area (Å²) in [6, 6.07) is 8.67. The number of methoxy groups -OCH3 is 1. The van der Waals surface area contributed by atoms with Crippen molar-refractivity contribution in [2.24, 2.45) is 0 Å². The maximum atomic E-state index is 12.5. The van der Waals surface area contributed by atoms with Crippen LogP contribution in [-0.4, -0.2) is 45.1 Å². The topological polar surface area (TPSA) is 99.0 Å². The number of nitrogens with one attached hydrogen (secondary N) is 1. The van der Waals surface area contributed by atoms with E-state index < -0.39 is 0 Å². The highest BCUT2D eigenvalue weighted by Crippen LogP contribution is 2.17. The van der Waals surface area contributed by atoms with Crippen molar-refractivity contribution in [2.75, 3.05) is 13.7 Å². The molecule has 2 aromatic heterocycles. The van der Waals surface area contributed by atoms with Gasteiger partial charge in [0.1, 0.15) is 5.75 Å². The summed E-state index contributed by atoms with van der Waals surface area (Å²) in [6.07, 6.45) is 0.123. The number of amides is 1. The second-order valence-electron chi connectivity index (χ2n) is 7.12. The quantitative estimate of drug-likeness (QED) is 0.604. The van der Waals surface area contributed by atoms with Gasteiger partial charge in [-0.25, -0.2) is 14.6 Å². The Morgan fingerprint density at radius 3 is 2.27 bits per heavy atom. The zero-order valence-electron chi connectivity index (χ0n) is 17.8. The van der Waals surface area contributed by atoms with E-state index in [1.807, 2.05) is 33.8 Å². The monoisotopic (exact) mass is 407 g/mol. The number of rotatable bonds is 7. The zero-order chi connectivity index (χ0) is 21.8. The maximum Gasteiger partial charge on any atom is 0.251 e. The van der Waals surface area contributed by atoms with Gasteiger partial charge in [0, 0.05) is 28.2 Å². The van der Waals surface area contributed by atoms with Crippen LogP contribution in [-0.2, 0) is 11.2 Å². The summed E-state index contributed by atoms with van der Waals surface area (Å²) >= 11 is 0. The van der Waals surface area contributed by atoms with Gasteiger partial charge in [0.25, 0.3) is 5.95 Å². The highest BCUT2D eigenvalue weighted by Gasteiger charge is 2.18. The Labute approximate surface area is 175 Å². The van der Waals surface area contributed by atoms with Crippen LogP contribution in [0.2, 0.25) is 0 Å². The fourth-order valence-electron chi connectivity index (χ4n) is 3.21. The van der Waals surface area contributed by atoms with E-state index in [1.165, 1.54) is 0 Å². The second-order valence-corrected chi connectivity index (χ2v) is 7.12. The van der Waals surface area contributed by atoms with E-state index in [2.05, 4.69) is 20.4 Å². The number of carbonyl (C=O) groups is 2. The Bertz CT molecular complexity index is 1070. The first-order chi connectivity index (χ1) is 14.3. The molecule has 0 aliphatic rings. The van der Waals surface area contributed by atoms with Crippen molar-refractivity contribution in [1.29, 1.82) is 0 Å². The molecule has 0 fully saturated rings. The van der Waals surface area contributed by atoms with Crippen molar-refractivity contribution in [1.82, 2.24) is 25.1 Å². The minimum Gasteiger partial charge on any atom is -0.497 e. The summed E-state index contributed by atoms with van der Waals surface area (Å²) in [7, 11) is 1.56. The van der Waals surface area contributed by atoms with Gasteiger partial charge in [-0.3, -0.25) is 9.59 Å². The number of hydrogen-bond donors (Lipinski definition) is 1. The van der Waals surface area contributed by atoms with Crippen molar-refractivity contribution >= 4 is 11.7 Å². The highest BCUT2D eigenvalue weighted by atomic mass is 16.5. The molecule has 3 aromatic rings. The van der Waals surface area contributed by atoms with E-state index in [0.29, 0.717) is 17.3 Å². The number of hydrogen-bond acceptors (Lipinski definition) is 6. The van der Waals surface area contributed by atoms with Crippen LogP contribution in [0.4, 0.5) is 0 Å². The predicted octanol–water partition coefficient (Wildman–Crippen LogP) is 2.45. The molecule has 0 saturated heterocycles. The lowest BCUT2D eigenvalue weighted by Gasteiger charge is -2.07. The van der Waals surface area contributed by atoms with Crippen LogP contribution in [0.5, 0.6) is 5.75 Å². The molecule has 0 aliphatic carbocycles. The van der Waals surface area contributed by atoms with Gasteiger partial charge in [-0.05, 0) is 58.0 Å². The lowest BCUT2D eigenvalue weighted by molar-refractivity contribution is -0.120. The third-order valence-corrected chi connectivity index (χ3v) is 4.80. The van der Waals surface area contributed by atoms with Gasteiger partial charge in [-0.15, -0.1) is 0 Å². The summed E-state index contributed by atoms with van der Waals surface area (Å²) < 4.78 is 6.74. The molecule has 1 aromatic carbocycles. The number of ether oxygens (including phenoxy) is 1. The molecule has 0 bridgehead atoms. The molecule has 1 N–H and O–H groups in total. The molecule has 156 valence electrons. The Morgan fingerprint density at radius 2 is 1.67 bits per heavy atom. The van der Waals surface area contributed by atoms with Gasteiger partial charge in [0.2, 0.25) is 5.91 Å². The molecule has 8 nitrogen and oxygen atoms in total. The predicted molar refractivity (Wildman–Crippen MR) is 112 cm³/mol. The van der Waals surface area contributed by atoms with Crippen LogP contribution in [0.25, 0.3) is 5.95 Å². The van der Waals surface area contributed by atoms with E-state index in [0.717, 1.165) is 28.3 Å². The van der Waals surface area contributed by atoms with E-state index >= 15 is 0 Å². The number of aromatic nitrogens is 4. The molecule has 0 aliphatic heterocycles. The smallest absolute Gasteiger partial charge is 0.251 e. The van der Waals surface area contributed by atoms with Crippen molar-refractivity contribution in [3.05, 3.63) is 64.2 Å². The van der Waals surface area contributed by atoms with Gasteiger partial charge in [-0.2, -0.15) is 5.10 Å². The molecule has 2 heterocycles. The summed E-state index contributed by atoms with van der Waals surface area (Å²) in [6.45, 7) is 7.46. The average molecular weight is 407 g/mol. The first-order valence-electron chi connectivity index (χ1n) is 9.60. The van der Waals surface area contributed by atoms with Crippen molar-refractivity contribution in [2.45, 2.75) is 34.1 Å². The molecule has 8 heteroatoms. The standard InChI is InChI=1S/C22H25N5O3/c1-13-10-14(2)25-22(24-13)27-16(4)19(15(3)26-27)11-21(29)23-12-20(28)17-6-8-18(30-5)9-7-17/h6-10H,11-12H2,1-5H3,(H,23,29). The third kappa shape index (κ3) is 4.71. The number of nitrogens with zero attached hydrogens (tertiary/aromatic N) is 4. The fourth-order valence-corrected chi connectivity index (χ4v) is 3.21. The number of aryl methyl sites for hydroxylation is 3. The van der Waals surface area contributed by atoms with Gasteiger partial charge < -0.3 is 10.1 Å². The summed E-state index contributed by atoms with van der Waals surface area (Å²) in [5.74, 6) is 0.739. The molecule has 0 radical (unpaired) electrons. The maximum absolute atomic E-state index is 12.5. The molecule has 0 atom stereocenters. The zero-order valence-corrected chi connectivity index (χ0v) is 17.8. The van der Waals surface area contributed by atoms with Crippen molar-refractivity contribution in [3.8, 4) is 11.7 Å². The third-order valence-electron chi connectivity index (χ3n) is 4.80. The summed E-state index contributed by atoms with van der Waals surface area (Å²) in [5.41, 5.74) is 4.54. The molecule has 0 saturated carbocycles. The molecular formula is C22H25N5O3. The minimum absolute atomic E-state index is 0.0718. The van der Waals surface area contributed by atoms with Crippen molar-refractivity contribution in [3.63, 3.8) is 0 Å². The molecule has 0 unspecified atom stereocenters. The molecule has 0 spiro atoms. The summed E-state index contributed by atoms with van der Waals surface area (Å²) in [4.78, 5) is 33.6. The van der Waals surface area contributed by atoms with Crippen LogP contribution in [0.1, 0.15) is 38.7 Å². The first-order valence-corrected chi connectivity index (χ1v) is 9.60. The first kappa shape index (κ1) is 21.2. The Balaban J connectivity index is 1.68. The van der Waals surface area contributed by atoms with Gasteiger partial charge in [0.05, 0.1) is 25.8 Å². The number of benzene rings is 1. The van der Waals surface area contributed by atoms with Crippen LogP contribution < -0.4 is 10.1 Å². The Hall–Kier alpha value is -3.55. The minimum atomic E-state index is -0.246. The van der Waals surface area contributed by atoms with Gasteiger partial charge in [-0.1, -0.05) is 0 Å². The number of carbonyl (C=O) groups excluding carboxylic acids is 2. The average Bonchev–Trinajstić information content (AvgIpc) is 2.99. The molecule has 3 rings (SSSR count). The van der Waals surface area contributed by atoms with Crippen molar-refractivity contribution < 1.29 is 14.3 Å². The number of ketones is 1. The van der Waals surface area contributed by atoms with Crippen LogP contribution >= 0.6 is 0 Å². The Kier molecular flexibility index (Phi) is 6.25. The Morgan fingerprint density at radius 1 is 1.03 bits per heavy atom. The molecule has 1 amide bonds. The molecular weight excluding hydrogens is 382 g/mol. The van der Waals surface area contributed by atoms with Crippen LogP contribution in [0.15, 0.2) is 30.3 Å². The fraction of sp³-hybridized carbons (Fsp3) is 0.318. The van der Waals surface area contributed by atoms with Gasteiger partial charge in [0.15, 0.2) is 5.78 Å². The van der Waals surface area contributed by atoms with Crippen LogP contribution in [0.3, 0.4) is 0 Å². The van der Waals surface area contributed by atoms with Gasteiger partial charge >= 0.3 is 0 Å². The SMILES string of the molecule is COc1ccc(C(=O)CNC(=O)Cc2c(C)nn(-c3nc(C)cc(C)n3)c2C)cc1. The molecule has 30 heavy (non-hydrogen) atoms. The number of Topliss-reactive ketones (excluding diaryl/α,β-unsaturated/α-hetero) is 1. The van der Waals surface area contributed by atoms with E-state index in [4.69, 9.17) is 4.74 Å². The largest absolute Gasteiger partial charge is 0.497 e. The van der Waals surface area contributed by atoms with E-state index in [-0.39, 0.29) is 24.7 Å².